The number of carbonyl (C=O) groups excluding carboxylic acids is 1. The number of hydrogen-bond acceptors (Lipinski definition) is 4. The molecule has 160 valence electrons. The maximum atomic E-state index is 12.7. The van der Waals surface area contributed by atoms with Crippen molar-refractivity contribution in [3.8, 4) is 11.8 Å². The Morgan fingerprint density at radius 3 is 2.71 bits per heavy atom. The van der Waals surface area contributed by atoms with Crippen LogP contribution in [0.3, 0.4) is 0 Å². The summed E-state index contributed by atoms with van der Waals surface area (Å²) >= 11 is 0. The third kappa shape index (κ3) is 4.80. The van der Waals surface area contributed by atoms with E-state index in [1.54, 1.807) is 37.5 Å². The van der Waals surface area contributed by atoms with Crippen LogP contribution in [0.1, 0.15) is 45.2 Å². The van der Waals surface area contributed by atoms with Gasteiger partial charge in [0.2, 0.25) is 0 Å². The van der Waals surface area contributed by atoms with Gasteiger partial charge in [0.15, 0.2) is 0 Å². The summed E-state index contributed by atoms with van der Waals surface area (Å²) in [5.74, 6) is 0.186. The Bertz CT molecular complexity index is 1090. The van der Waals surface area contributed by atoms with Crippen LogP contribution in [0.15, 0.2) is 54.1 Å². The average molecular weight is 416 g/mol. The van der Waals surface area contributed by atoms with Gasteiger partial charge in [-0.25, -0.2) is 0 Å². The van der Waals surface area contributed by atoms with Crippen LogP contribution in [0.5, 0.6) is 5.75 Å². The normalized spacial score (nSPS) is 14.9. The van der Waals surface area contributed by atoms with Crippen LogP contribution >= 0.6 is 0 Å². The van der Waals surface area contributed by atoms with Crippen molar-refractivity contribution in [1.29, 1.82) is 5.26 Å². The van der Waals surface area contributed by atoms with E-state index in [0.717, 1.165) is 24.1 Å². The molecule has 0 atom stereocenters. The molecular weight excluding hydrogens is 386 g/mol. The first kappa shape index (κ1) is 22.2. The Hall–Kier alpha value is -3.52. The van der Waals surface area contributed by atoms with Crippen molar-refractivity contribution in [1.82, 2.24) is 0 Å². The fourth-order valence-corrected chi connectivity index (χ4v) is 4.04. The maximum Gasteiger partial charge on any atom is 0.266 e. The number of anilines is 2. The minimum atomic E-state index is -0.450. The molecule has 0 spiro atoms. The molecule has 1 aliphatic rings. The van der Waals surface area contributed by atoms with Crippen molar-refractivity contribution in [3.63, 3.8) is 0 Å². The minimum absolute atomic E-state index is 0.0472. The van der Waals surface area contributed by atoms with E-state index in [1.165, 1.54) is 11.3 Å². The summed E-state index contributed by atoms with van der Waals surface area (Å²) in [6.07, 6.45) is 4.96. The van der Waals surface area contributed by atoms with Crippen LogP contribution in [-0.2, 0) is 4.79 Å². The van der Waals surface area contributed by atoms with Crippen LogP contribution in [0, 0.1) is 11.3 Å². The van der Waals surface area contributed by atoms with Crippen LogP contribution < -0.4 is 15.0 Å². The van der Waals surface area contributed by atoms with Gasteiger partial charge in [-0.2, -0.15) is 5.26 Å². The molecule has 1 N–H and O–H groups in total. The van der Waals surface area contributed by atoms with E-state index < -0.39 is 5.91 Å². The molecular formula is C26H29N3O2. The first-order valence-corrected chi connectivity index (χ1v) is 10.5. The summed E-state index contributed by atoms with van der Waals surface area (Å²) in [6.45, 7) is 9.70. The van der Waals surface area contributed by atoms with Crippen LogP contribution in [-0.4, -0.2) is 25.1 Å². The fourth-order valence-electron chi connectivity index (χ4n) is 4.04. The van der Waals surface area contributed by atoms with Gasteiger partial charge in [0.05, 0.1) is 12.6 Å². The molecule has 2 aromatic carbocycles. The molecule has 1 aliphatic heterocycles. The number of fused-ring (bicyclic) bond motifs is 1. The molecule has 5 heteroatoms. The topological polar surface area (TPSA) is 65.4 Å². The second-order valence-corrected chi connectivity index (χ2v) is 8.27. The van der Waals surface area contributed by atoms with Gasteiger partial charge in [-0.3, -0.25) is 4.79 Å². The number of amides is 1. The lowest BCUT2D eigenvalue weighted by Gasteiger charge is -2.43. The number of nitriles is 1. The highest BCUT2D eigenvalue weighted by Crippen LogP contribution is 2.39. The van der Waals surface area contributed by atoms with Crippen LogP contribution in [0.2, 0.25) is 0 Å². The molecule has 0 bridgehead atoms. The van der Waals surface area contributed by atoms with Crippen molar-refractivity contribution >= 4 is 28.9 Å². The summed E-state index contributed by atoms with van der Waals surface area (Å²) in [6, 6.07) is 15.2. The highest BCUT2D eigenvalue weighted by Gasteiger charge is 2.30. The number of nitrogens with one attached hydrogen (secondary N) is 1. The van der Waals surface area contributed by atoms with E-state index >= 15 is 0 Å². The highest BCUT2D eigenvalue weighted by molar-refractivity contribution is 6.09. The summed E-state index contributed by atoms with van der Waals surface area (Å²) in [4.78, 5) is 15.1. The number of hydrogen-bond donors (Lipinski definition) is 1. The Morgan fingerprint density at radius 2 is 2.03 bits per heavy atom. The Labute approximate surface area is 184 Å². The Kier molecular flexibility index (Phi) is 6.50. The lowest BCUT2D eigenvalue weighted by atomic mass is 9.87. The minimum Gasteiger partial charge on any atom is -0.497 e. The summed E-state index contributed by atoms with van der Waals surface area (Å²) in [5.41, 5.74) is 4.90. The molecule has 0 aromatic heterocycles. The third-order valence-electron chi connectivity index (χ3n) is 5.45. The number of rotatable bonds is 6. The van der Waals surface area contributed by atoms with Crippen molar-refractivity contribution < 1.29 is 9.53 Å². The van der Waals surface area contributed by atoms with Crippen LogP contribution in [0.25, 0.3) is 11.6 Å². The van der Waals surface area contributed by atoms with Gasteiger partial charge in [-0.1, -0.05) is 25.1 Å². The molecule has 1 amide bonds. The second kappa shape index (κ2) is 9.09. The zero-order valence-electron chi connectivity index (χ0n) is 18.8. The second-order valence-electron chi connectivity index (χ2n) is 8.27. The monoisotopic (exact) mass is 415 g/mol. The molecule has 1 heterocycles. The van der Waals surface area contributed by atoms with E-state index in [9.17, 15) is 10.1 Å². The first-order valence-electron chi connectivity index (χ1n) is 10.5. The molecule has 3 rings (SSSR count). The molecule has 0 fully saturated rings. The predicted molar refractivity (Wildman–Crippen MR) is 127 cm³/mol. The molecule has 31 heavy (non-hydrogen) atoms. The van der Waals surface area contributed by atoms with Gasteiger partial charge < -0.3 is 15.0 Å². The molecule has 5 nitrogen and oxygen atoms in total. The van der Waals surface area contributed by atoms with E-state index in [2.05, 4.69) is 56.1 Å². The van der Waals surface area contributed by atoms with Gasteiger partial charge in [0, 0.05) is 29.5 Å². The fraction of sp³-hybridized carbons (Fsp3) is 0.308. The van der Waals surface area contributed by atoms with Crippen LogP contribution in [0.4, 0.5) is 11.4 Å². The lowest BCUT2D eigenvalue weighted by Crippen LogP contribution is -2.45. The number of methoxy groups -OCH3 is 1. The van der Waals surface area contributed by atoms with Gasteiger partial charge in [0.1, 0.15) is 17.4 Å². The zero-order chi connectivity index (χ0) is 22.6. The van der Waals surface area contributed by atoms with Gasteiger partial charge >= 0.3 is 0 Å². The van der Waals surface area contributed by atoms with Crippen molar-refractivity contribution in [3.05, 3.63) is 65.2 Å². The molecule has 0 saturated heterocycles. The highest BCUT2D eigenvalue weighted by atomic mass is 16.5. The first-order chi connectivity index (χ1) is 14.8. The van der Waals surface area contributed by atoms with E-state index in [1.807, 2.05) is 12.1 Å². The SMILES string of the molecule is CCCN1c2ccc(/C=C(\C#N)C(=O)Nc3cccc(OC)c3)cc2C(C)=CC1(C)C. The van der Waals surface area contributed by atoms with Crippen molar-refractivity contribution in [2.75, 3.05) is 23.9 Å². The van der Waals surface area contributed by atoms with E-state index in [4.69, 9.17) is 4.74 Å². The maximum absolute atomic E-state index is 12.7. The molecule has 0 saturated carbocycles. The van der Waals surface area contributed by atoms with Gasteiger partial charge in [0.25, 0.3) is 5.91 Å². The average Bonchev–Trinajstić information content (AvgIpc) is 2.74. The largest absolute Gasteiger partial charge is 0.497 e. The standard InChI is InChI=1S/C26H29N3O2/c1-6-12-29-24-11-10-19(14-23(24)18(2)16-26(29,3)4)13-20(17-27)25(30)28-21-8-7-9-22(15-21)31-5/h7-11,13-16H,6,12H2,1-5H3,(H,28,30)/b20-13+. The third-order valence-corrected chi connectivity index (χ3v) is 5.45. The molecule has 2 aromatic rings. The van der Waals surface area contributed by atoms with E-state index in [0.29, 0.717) is 11.4 Å². The number of allylic oxidation sites excluding steroid dienone is 1. The Balaban J connectivity index is 1.91. The van der Waals surface area contributed by atoms with Gasteiger partial charge in [-0.05, 0) is 68.7 Å². The lowest BCUT2D eigenvalue weighted by molar-refractivity contribution is -0.112. The summed E-state index contributed by atoms with van der Waals surface area (Å²) in [7, 11) is 1.57. The van der Waals surface area contributed by atoms with Gasteiger partial charge in [-0.15, -0.1) is 0 Å². The van der Waals surface area contributed by atoms with Crippen molar-refractivity contribution in [2.24, 2.45) is 0 Å². The zero-order valence-corrected chi connectivity index (χ0v) is 18.8. The van der Waals surface area contributed by atoms with E-state index in [-0.39, 0.29) is 11.1 Å². The molecule has 0 radical (unpaired) electrons. The quantitative estimate of drug-likeness (QED) is 0.489. The number of carbonyl (C=O) groups is 1. The number of benzene rings is 2. The Morgan fingerprint density at radius 1 is 1.26 bits per heavy atom. The summed E-state index contributed by atoms with van der Waals surface area (Å²) < 4.78 is 5.18. The predicted octanol–water partition coefficient (Wildman–Crippen LogP) is 5.65. The number of nitrogens with zero attached hydrogens (tertiary/aromatic N) is 2. The smallest absolute Gasteiger partial charge is 0.266 e. The summed E-state index contributed by atoms with van der Waals surface area (Å²) in [5, 5.41) is 12.3. The molecule has 0 unspecified atom stereocenters. The number of ether oxygens (including phenoxy) is 1. The van der Waals surface area contributed by atoms with Crippen molar-refractivity contribution in [2.45, 2.75) is 39.7 Å². The molecule has 0 aliphatic carbocycles.